The molecule has 1 atom stereocenters. The highest BCUT2D eigenvalue weighted by Gasteiger charge is 2.24. The Kier molecular flexibility index (Phi) is 5.81. The molecule has 2 aromatic carbocycles. The van der Waals surface area contributed by atoms with E-state index in [0.29, 0.717) is 55.4 Å². The number of nitrogens with one attached hydrogen (secondary N) is 2. The number of fused-ring (bicyclic) bond motifs is 2. The van der Waals surface area contributed by atoms with Gasteiger partial charge < -0.3 is 14.7 Å². The standard InChI is InChI=1S/C29H22ClN5O3/c1-16-11-12-22(38-16)19-9-6-10-20-23(19)29(37)35(18-7-4-3-5-8-18)26(25(20)30)17(2)34-28-24-21(36)13-14-31-27(24)32-15-33-28/h3-15,17H,1-2H3,(H2,31,32,33,34,36)/t17-/m0/s1. The first-order valence-corrected chi connectivity index (χ1v) is 12.4. The Bertz CT molecular complexity index is 1940. The minimum atomic E-state index is -0.521. The van der Waals surface area contributed by atoms with Crippen LogP contribution in [0.2, 0.25) is 5.02 Å². The average molecular weight is 524 g/mol. The van der Waals surface area contributed by atoms with Crippen LogP contribution in [0.4, 0.5) is 5.82 Å². The van der Waals surface area contributed by atoms with Crippen molar-refractivity contribution in [3.8, 4) is 17.0 Å². The molecule has 0 saturated heterocycles. The fourth-order valence-corrected chi connectivity index (χ4v) is 5.22. The predicted octanol–water partition coefficient (Wildman–Crippen LogP) is 6.02. The number of anilines is 1. The van der Waals surface area contributed by atoms with E-state index in [1.807, 2.05) is 74.5 Å². The van der Waals surface area contributed by atoms with E-state index in [2.05, 4.69) is 20.3 Å². The van der Waals surface area contributed by atoms with Crippen molar-refractivity contribution >= 4 is 39.2 Å². The second-order valence-corrected chi connectivity index (χ2v) is 9.35. The van der Waals surface area contributed by atoms with Gasteiger partial charge in [0.15, 0.2) is 5.43 Å². The quantitative estimate of drug-likeness (QED) is 0.286. The van der Waals surface area contributed by atoms with Crippen LogP contribution in [0.15, 0.2) is 93.3 Å². The number of hydrogen-bond donors (Lipinski definition) is 2. The molecule has 2 N–H and O–H groups in total. The maximum absolute atomic E-state index is 14.3. The molecule has 0 radical (unpaired) electrons. The summed E-state index contributed by atoms with van der Waals surface area (Å²) in [7, 11) is 0. The molecule has 0 spiro atoms. The van der Waals surface area contributed by atoms with E-state index >= 15 is 0 Å². The fourth-order valence-electron chi connectivity index (χ4n) is 4.82. The maximum Gasteiger partial charge on any atom is 0.264 e. The molecule has 188 valence electrons. The molecule has 9 heteroatoms. The molecule has 0 aliphatic carbocycles. The summed E-state index contributed by atoms with van der Waals surface area (Å²) in [6.45, 7) is 3.73. The van der Waals surface area contributed by atoms with E-state index in [4.69, 9.17) is 16.0 Å². The first-order valence-electron chi connectivity index (χ1n) is 12.0. The summed E-state index contributed by atoms with van der Waals surface area (Å²) in [5.41, 5.74) is 1.79. The van der Waals surface area contributed by atoms with Crippen LogP contribution in [-0.2, 0) is 0 Å². The van der Waals surface area contributed by atoms with Crippen LogP contribution < -0.4 is 16.3 Å². The number of nitrogens with zero attached hydrogens (tertiary/aromatic N) is 3. The molecule has 4 aromatic heterocycles. The molecular formula is C29H22ClN5O3. The molecule has 0 aliphatic rings. The Morgan fingerprint density at radius 1 is 0.974 bits per heavy atom. The number of aromatic nitrogens is 4. The number of pyridine rings is 2. The number of furan rings is 1. The second-order valence-electron chi connectivity index (χ2n) is 8.97. The van der Waals surface area contributed by atoms with Crippen LogP contribution >= 0.6 is 11.6 Å². The highest BCUT2D eigenvalue weighted by molar-refractivity contribution is 6.36. The number of H-pyrrole nitrogens is 1. The van der Waals surface area contributed by atoms with Gasteiger partial charge in [-0.3, -0.25) is 14.2 Å². The Balaban J connectivity index is 1.62. The van der Waals surface area contributed by atoms with Gasteiger partial charge in [0.05, 0.1) is 22.1 Å². The highest BCUT2D eigenvalue weighted by atomic mass is 35.5. The van der Waals surface area contributed by atoms with Crippen molar-refractivity contribution in [2.24, 2.45) is 0 Å². The number of hydrogen-bond acceptors (Lipinski definition) is 6. The summed E-state index contributed by atoms with van der Waals surface area (Å²) in [6, 6.07) is 19.5. The molecule has 6 rings (SSSR count). The molecule has 0 aliphatic heterocycles. The number of benzene rings is 2. The number of halogens is 1. The number of rotatable bonds is 5. The summed E-state index contributed by atoms with van der Waals surface area (Å²) in [5, 5.41) is 5.08. The molecule has 6 aromatic rings. The van der Waals surface area contributed by atoms with Crippen molar-refractivity contribution in [1.29, 1.82) is 0 Å². The molecule has 4 heterocycles. The number of aromatic amines is 1. The third kappa shape index (κ3) is 3.86. The predicted molar refractivity (Wildman–Crippen MR) is 149 cm³/mol. The molecule has 0 unspecified atom stereocenters. The lowest BCUT2D eigenvalue weighted by atomic mass is 10.0. The van der Waals surface area contributed by atoms with Crippen molar-refractivity contribution in [3.05, 3.63) is 116 Å². The van der Waals surface area contributed by atoms with Gasteiger partial charge >= 0.3 is 0 Å². The van der Waals surface area contributed by atoms with Crippen molar-refractivity contribution in [3.63, 3.8) is 0 Å². The molecule has 0 fully saturated rings. The second kappa shape index (κ2) is 9.32. The third-order valence-electron chi connectivity index (χ3n) is 6.52. The molecule has 38 heavy (non-hydrogen) atoms. The monoisotopic (exact) mass is 523 g/mol. The Labute approximate surface area is 221 Å². The summed E-state index contributed by atoms with van der Waals surface area (Å²) in [6.07, 6.45) is 2.91. The molecule has 0 saturated carbocycles. The maximum atomic E-state index is 14.3. The Hall–Kier alpha value is -4.69. The van der Waals surface area contributed by atoms with E-state index in [-0.39, 0.29) is 11.0 Å². The van der Waals surface area contributed by atoms with Gasteiger partial charge in [-0.2, -0.15) is 0 Å². The van der Waals surface area contributed by atoms with Gasteiger partial charge in [0.2, 0.25) is 0 Å². The molecule has 0 amide bonds. The van der Waals surface area contributed by atoms with Gasteiger partial charge in [-0.15, -0.1) is 0 Å². The van der Waals surface area contributed by atoms with Crippen LogP contribution in [0.25, 0.3) is 38.8 Å². The van der Waals surface area contributed by atoms with Crippen LogP contribution in [0.5, 0.6) is 0 Å². The first kappa shape index (κ1) is 23.7. The van der Waals surface area contributed by atoms with Gasteiger partial charge in [-0.25, -0.2) is 9.97 Å². The van der Waals surface area contributed by atoms with Gasteiger partial charge in [0.1, 0.15) is 34.7 Å². The van der Waals surface area contributed by atoms with E-state index in [1.54, 1.807) is 4.57 Å². The van der Waals surface area contributed by atoms with Crippen LogP contribution in [0.3, 0.4) is 0 Å². The normalized spacial score (nSPS) is 12.2. The largest absolute Gasteiger partial charge is 0.461 e. The summed E-state index contributed by atoms with van der Waals surface area (Å²) in [4.78, 5) is 38.4. The van der Waals surface area contributed by atoms with Crippen molar-refractivity contribution < 1.29 is 4.42 Å². The fraction of sp³-hybridized carbons (Fsp3) is 0.103. The molecule has 0 bridgehead atoms. The average Bonchev–Trinajstić information content (AvgIpc) is 3.36. The molecular weight excluding hydrogens is 502 g/mol. The van der Waals surface area contributed by atoms with Gasteiger partial charge in [0.25, 0.3) is 5.56 Å². The lowest BCUT2D eigenvalue weighted by Crippen LogP contribution is -2.27. The van der Waals surface area contributed by atoms with Crippen LogP contribution in [0.1, 0.15) is 24.4 Å². The summed E-state index contributed by atoms with van der Waals surface area (Å²) in [5.74, 6) is 1.67. The zero-order chi connectivity index (χ0) is 26.4. The zero-order valence-corrected chi connectivity index (χ0v) is 21.3. The zero-order valence-electron chi connectivity index (χ0n) is 20.5. The van der Waals surface area contributed by atoms with Gasteiger partial charge in [0, 0.05) is 28.9 Å². The Morgan fingerprint density at radius 2 is 1.79 bits per heavy atom. The minimum Gasteiger partial charge on any atom is -0.461 e. The van der Waals surface area contributed by atoms with Gasteiger partial charge in [-0.1, -0.05) is 48.0 Å². The lowest BCUT2D eigenvalue weighted by molar-refractivity contribution is 0.549. The summed E-state index contributed by atoms with van der Waals surface area (Å²) >= 11 is 7.11. The smallest absolute Gasteiger partial charge is 0.264 e. The van der Waals surface area contributed by atoms with E-state index in [9.17, 15) is 9.59 Å². The third-order valence-corrected chi connectivity index (χ3v) is 6.91. The highest BCUT2D eigenvalue weighted by Crippen LogP contribution is 2.36. The van der Waals surface area contributed by atoms with E-state index in [0.717, 1.165) is 5.76 Å². The topological polar surface area (TPSA) is 106 Å². The van der Waals surface area contributed by atoms with Crippen molar-refractivity contribution in [2.45, 2.75) is 19.9 Å². The van der Waals surface area contributed by atoms with Crippen LogP contribution in [-0.4, -0.2) is 19.5 Å². The SMILES string of the molecule is Cc1ccc(-c2cccc3c(Cl)c([C@H](C)Nc4ncnc5[nH]ccc(=O)c45)n(-c4ccccc4)c(=O)c23)o1. The van der Waals surface area contributed by atoms with E-state index in [1.165, 1.54) is 18.6 Å². The Morgan fingerprint density at radius 3 is 2.55 bits per heavy atom. The van der Waals surface area contributed by atoms with Crippen molar-refractivity contribution in [2.75, 3.05) is 5.32 Å². The van der Waals surface area contributed by atoms with Crippen molar-refractivity contribution in [1.82, 2.24) is 19.5 Å². The number of aryl methyl sites for hydroxylation is 1. The number of para-hydroxylation sites is 1. The van der Waals surface area contributed by atoms with Crippen LogP contribution in [0, 0.1) is 6.92 Å². The minimum absolute atomic E-state index is 0.225. The van der Waals surface area contributed by atoms with E-state index < -0.39 is 6.04 Å². The summed E-state index contributed by atoms with van der Waals surface area (Å²) < 4.78 is 7.48. The lowest BCUT2D eigenvalue weighted by Gasteiger charge is -2.23. The molecule has 8 nitrogen and oxygen atoms in total. The van der Waals surface area contributed by atoms with Gasteiger partial charge in [-0.05, 0) is 38.1 Å². The first-order chi connectivity index (χ1) is 18.4.